The molecule has 6 nitrogen and oxygen atoms in total. The largest absolute Gasteiger partial charge is 0.375 e. The fourth-order valence-corrected chi connectivity index (χ4v) is 2.66. The van der Waals surface area contributed by atoms with Crippen molar-refractivity contribution in [2.75, 3.05) is 24.6 Å². The van der Waals surface area contributed by atoms with E-state index in [4.69, 9.17) is 4.74 Å². The first kappa shape index (κ1) is 14.7. The van der Waals surface area contributed by atoms with E-state index in [1.54, 1.807) is 6.07 Å². The summed E-state index contributed by atoms with van der Waals surface area (Å²) in [5.41, 5.74) is 1.71. The van der Waals surface area contributed by atoms with Crippen LogP contribution >= 0.6 is 0 Å². The molecule has 3 rings (SSSR count). The topological polar surface area (TPSA) is 71.1 Å². The maximum Gasteiger partial charge on any atom is 0.250 e. The average molecular weight is 300 g/mol. The van der Waals surface area contributed by atoms with Crippen molar-refractivity contribution in [1.29, 1.82) is 0 Å². The summed E-state index contributed by atoms with van der Waals surface area (Å²) in [5, 5.41) is 0. The minimum Gasteiger partial charge on any atom is -0.375 e. The Morgan fingerprint density at radius 1 is 1.45 bits per heavy atom. The van der Waals surface area contributed by atoms with Gasteiger partial charge in [0.15, 0.2) is 0 Å². The molecule has 1 fully saturated rings. The van der Waals surface area contributed by atoms with Crippen molar-refractivity contribution < 1.29 is 4.74 Å². The van der Waals surface area contributed by atoms with Crippen LogP contribution in [0.4, 0.5) is 5.82 Å². The third kappa shape index (κ3) is 3.71. The normalized spacial score (nSPS) is 18.4. The van der Waals surface area contributed by atoms with E-state index < -0.39 is 0 Å². The van der Waals surface area contributed by atoms with E-state index in [9.17, 15) is 4.79 Å². The van der Waals surface area contributed by atoms with Gasteiger partial charge >= 0.3 is 0 Å². The lowest BCUT2D eigenvalue weighted by Gasteiger charge is -2.33. The van der Waals surface area contributed by atoms with Crippen molar-refractivity contribution in [2.24, 2.45) is 0 Å². The number of rotatable bonds is 4. The van der Waals surface area contributed by atoms with Crippen LogP contribution in [0, 0.1) is 6.92 Å². The lowest BCUT2D eigenvalue weighted by Crippen LogP contribution is -2.43. The third-order valence-electron chi connectivity index (χ3n) is 3.79. The quantitative estimate of drug-likeness (QED) is 0.922. The maximum absolute atomic E-state index is 11.3. The number of nitrogens with zero attached hydrogens (tertiary/aromatic N) is 3. The van der Waals surface area contributed by atoms with Gasteiger partial charge in [-0.2, -0.15) is 0 Å². The van der Waals surface area contributed by atoms with Gasteiger partial charge < -0.3 is 14.6 Å². The molecule has 22 heavy (non-hydrogen) atoms. The molecule has 2 aromatic heterocycles. The molecule has 2 aromatic rings. The van der Waals surface area contributed by atoms with Gasteiger partial charge in [0.1, 0.15) is 5.82 Å². The second-order valence-corrected chi connectivity index (χ2v) is 5.52. The highest BCUT2D eigenvalue weighted by Gasteiger charge is 2.21. The average Bonchev–Trinajstić information content (AvgIpc) is 2.53. The van der Waals surface area contributed by atoms with Gasteiger partial charge in [0.05, 0.1) is 19.0 Å². The molecular weight excluding hydrogens is 280 g/mol. The molecule has 6 heteroatoms. The van der Waals surface area contributed by atoms with Crippen LogP contribution in [-0.2, 0) is 11.2 Å². The van der Waals surface area contributed by atoms with Crippen LogP contribution in [0.2, 0.25) is 0 Å². The first-order valence-electron chi connectivity index (χ1n) is 7.54. The molecule has 0 saturated carbocycles. The number of nitrogens with one attached hydrogen (secondary N) is 1. The number of anilines is 1. The number of hydrogen-bond acceptors (Lipinski definition) is 5. The second kappa shape index (κ2) is 6.70. The van der Waals surface area contributed by atoms with Crippen molar-refractivity contribution in [3.05, 3.63) is 52.3 Å². The number of H-pyrrole nitrogens is 1. The summed E-state index contributed by atoms with van der Waals surface area (Å²) >= 11 is 0. The third-order valence-corrected chi connectivity index (χ3v) is 3.79. The van der Waals surface area contributed by atoms with Crippen LogP contribution in [0.3, 0.4) is 0 Å². The molecule has 1 atom stereocenters. The Bertz CT molecular complexity index is 686. The maximum atomic E-state index is 11.3. The summed E-state index contributed by atoms with van der Waals surface area (Å²) in [7, 11) is 0. The molecule has 1 unspecified atom stereocenters. The number of pyridine rings is 1. The molecule has 0 aromatic carbocycles. The summed E-state index contributed by atoms with van der Waals surface area (Å²) < 4.78 is 5.83. The first-order valence-corrected chi connectivity index (χ1v) is 7.54. The molecule has 1 N–H and O–H groups in total. The Labute approximate surface area is 129 Å². The highest BCUT2D eigenvalue weighted by atomic mass is 16.5. The van der Waals surface area contributed by atoms with Crippen LogP contribution in [-0.4, -0.2) is 40.8 Å². The predicted octanol–water partition coefficient (Wildman–Crippen LogP) is 1.31. The predicted molar refractivity (Wildman–Crippen MR) is 84.1 cm³/mol. The summed E-state index contributed by atoms with van der Waals surface area (Å²) in [6.07, 6.45) is 3.17. The molecule has 0 radical (unpaired) electrons. The number of ether oxygens (including phenoxy) is 1. The molecular formula is C16H20N4O2. The Hall–Kier alpha value is -2.21. The number of aromatic nitrogens is 3. The van der Waals surface area contributed by atoms with Gasteiger partial charge in [0.2, 0.25) is 0 Å². The van der Waals surface area contributed by atoms with Crippen molar-refractivity contribution >= 4 is 5.82 Å². The zero-order chi connectivity index (χ0) is 15.4. The van der Waals surface area contributed by atoms with Crippen molar-refractivity contribution in [3.63, 3.8) is 0 Å². The van der Waals surface area contributed by atoms with Gasteiger partial charge in [-0.1, -0.05) is 6.07 Å². The van der Waals surface area contributed by atoms with Crippen molar-refractivity contribution in [3.8, 4) is 0 Å². The van der Waals surface area contributed by atoms with Gasteiger partial charge in [-0.15, -0.1) is 0 Å². The second-order valence-electron chi connectivity index (χ2n) is 5.52. The minimum absolute atomic E-state index is 0.111. The summed E-state index contributed by atoms with van der Waals surface area (Å²) in [5.74, 6) is 1.00. The molecule has 0 aliphatic carbocycles. The number of aryl methyl sites for hydroxylation is 2. The van der Waals surface area contributed by atoms with E-state index >= 15 is 0 Å². The lowest BCUT2D eigenvalue weighted by molar-refractivity contribution is 0.0350. The molecule has 116 valence electrons. The van der Waals surface area contributed by atoms with Gasteiger partial charge in [0, 0.05) is 30.5 Å². The fraction of sp³-hybridized carbons (Fsp3) is 0.438. The smallest absolute Gasteiger partial charge is 0.250 e. The molecule has 0 amide bonds. The summed E-state index contributed by atoms with van der Waals surface area (Å²) in [6, 6.07) is 7.61. The standard InChI is InChI=1S/C16H20N4O2/c1-12-3-2-4-15(19-12)20-7-8-22-14(10-20)6-5-13-9-16(21)18-11-17-13/h2-4,9,11,14H,5-8,10H2,1H3,(H,17,18,21). The Morgan fingerprint density at radius 3 is 3.18 bits per heavy atom. The highest BCUT2D eigenvalue weighted by molar-refractivity contribution is 5.39. The SMILES string of the molecule is Cc1cccc(N2CCOC(CCc3cc(=O)[nH]cn3)C2)n1. The van der Waals surface area contributed by atoms with E-state index in [-0.39, 0.29) is 11.7 Å². The molecule has 1 saturated heterocycles. The fourth-order valence-electron chi connectivity index (χ4n) is 2.66. The van der Waals surface area contributed by atoms with Crippen molar-refractivity contribution in [1.82, 2.24) is 15.0 Å². The molecule has 0 spiro atoms. The number of hydrogen-bond donors (Lipinski definition) is 1. The Kier molecular flexibility index (Phi) is 4.48. The zero-order valence-corrected chi connectivity index (χ0v) is 12.7. The monoisotopic (exact) mass is 300 g/mol. The van der Waals surface area contributed by atoms with Crippen LogP contribution in [0.5, 0.6) is 0 Å². The summed E-state index contributed by atoms with van der Waals surface area (Å²) in [6.45, 7) is 4.37. The van der Waals surface area contributed by atoms with E-state index in [0.29, 0.717) is 6.61 Å². The molecule has 0 bridgehead atoms. The highest BCUT2D eigenvalue weighted by Crippen LogP contribution is 2.17. The number of morpholine rings is 1. The van der Waals surface area contributed by atoms with E-state index in [0.717, 1.165) is 43.1 Å². The zero-order valence-electron chi connectivity index (χ0n) is 12.7. The van der Waals surface area contributed by atoms with Crippen LogP contribution < -0.4 is 10.5 Å². The molecule has 1 aliphatic rings. The van der Waals surface area contributed by atoms with Crippen molar-refractivity contribution in [2.45, 2.75) is 25.9 Å². The van der Waals surface area contributed by atoms with E-state index in [1.807, 2.05) is 25.1 Å². The van der Waals surface area contributed by atoms with Crippen LogP contribution in [0.1, 0.15) is 17.8 Å². The first-order chi connectivity index (χ1) is 10.7. The van der Waals surface area contributed by atoms with Crippen LogP contribution in [0.25, 0.3) is 0 Å². The Balaban J connectivity index is 1.60. The van der Waals surface area contributed by atoms with E-state index in [1.165, 1.54) is 6.33 Å². The van der Waals surface area contributed by atoms with Gasteiger partial charge in [-0.05, 0) is 31.9 Å². The Morgan fingerprint density at radius 2 is 2.36 bits per heavy atom. The van der Waals surface area contributed by atoms with Crippen LogP contribution in [0.15, 0.2) is 35.4 Å². The lowest BCUT2D eigenvalue weighted by atomic mass is 10.1. The van der Waals surface area contributed by atoms with E-state index in [2.05, 4.69) is 19.9 Å². The minimum atomic E-state index is -0.111. The van der Waals surface area contributed by atoms with Gasteiger partial charge in [-0.3, -0.25) is 4.79 Å². The summed E-state index contributed by atoms with van der Waals surface area (Å²) in [4.78, 5) is 24.8. The van der Waals surface area contributed by atoms with Gasteiger partial charge in [-0.25, -0.2) is 9.97 Å². The molecule has 3 heterocycles. The molecule has 1 aliphatic heterocycles. The van der Waals surface area contributed by atoms with Gasteiger partial charge in [0.25, 0.3) is 5.56 Å². The number of aromatic amines is 1.